The molecule has 0 aromatic rings. The largest absolute Gasteiger partial charge is 0.466 e. The average molecular weight is 293 g/mol. The van der Waals surface area contributed by atoms with E-state index >= 15 is 0 Å². The number of rotatable bonds is 11. The number of hydrogen-bond acceptors (Lipinski definition) is 2. The number of carbonyl (C=O) groups excluding carboxylic acids is 1. The van der Waals surface area contributed by atoms with Gasteiger partial charge in [0.25, 0.3) is 0 Å². The Morgan fingerprint density at radius 1 is 1.00 bits per heavy atom. The quantitative estimate of drug-likeness (QED) is 0.319. The minimum atomic E-state index is -0.0170. The molecule has 2 nitrogen and oxygen atoms in total. The van der Waals surface area contributed by atoms with Gasteiger partial charge in [0.15, 0.2) is 0 Å². The second-order valence-corrected chi connectivity index (χ2v) is 4.93. The van der Waals surface area contributed by atoms with E-state index in [2.05, 4.69) is 22.9 Å². The molecule has 0 amide bonds. The third-order valence-corrected chi connectivity index (χ3v) is 3.09. The smallest absolute Gasteiger partial charge is 0.305 e. The van der Waals surface area contributed by atoms with Gasteiger partial charge >= 0.3 is 5.97 Å². The van der Waals surface area contributed by atoms with Crippen molar-refractivity contribution in [1.29, 1.82) is 0 Å². The summed E-state index contributed by atoms with van der Waals surface area (Å²) in [7, 11) is 0. The molecule has 0 aromatic carbocycles. The summed E-state index contributed by atoms with van der Waals surface area (Å²) in [4.78, 5) is 11.3. The molecule has 96 valence electrons. The number of halogens is 1. The molecule has 3 heteroatoms. The molecule has 0 spiro atoms. The molecule has 0 aromatic heterocycles. The van der Waals surface area contributed by atoms with Crippen LogP contribution in [-0.4, -0.2) is 17.9 Å². The van der Waals surface area contributed by atoms with E-state index in [0.717, 1.165) is 31.0 Å². The molecule has 0 bridgehead atoms. The van der Waals surface area contributed by atoms with Crippen LogP contribution >= 0.6 is 15.9 Å². The summed E-state index contributed by atoms with van der Waals surface area (Å²) in [5, 5.41) is 1.07. The molecule has 0 atom stereocenters. The Balaban J connectivity index is 3.11. The maximum absolute atomic E-state index is 11.3. The van der Waals surface area contributed by atoms with Crippen molar-refractivity contribution in [3.05, 3.63) is 0 Å². The highest BCUT2D eigenvalue weighted by Gasteiger charge is 2.01. The summed E-state index contributed by atoms with van der Waals surface area (Å²) in [5.41, 5.74) is 0. The third kappa shape index (κ3) is 12.0. The minimum Gasteiger partial charge on any atom is -0.466 e. The summed E-state index contributed by atoms with van der Waals surface area (Å²) in [6, 6.07) is 0. The van der Waals surface area contributed by atoms with Gasteiger partial charge in [-0.25, -0.2) is 0 Å². The zero-order valence-electron chi connectivity index (χ0n) is 10.5. The monoisotopic (exact) mass is 292 g/mol. The maximum atomic E-state index is 11.3. The standard InChI is InChI=1S/C13H25BrO2/c1-2-3-4-7-10-13(15)16-12-9-6-5-8-11-14/h2-12H2,1H3. The van der Waals surface area contributed by atoms with Crippen LogP contribution in [0.4, 0.5) is 0 Å². The van der Waals surface area contributed by atoms with Crippen LogP contribution in [-0.2, 0) is 9.53 Å². The Labute approximate surface area is 108 Å². The number of hydrogen-bond donors (Lipinski definition) is 0. The van der Waals surface area contributed by atoms with Gasteiger partial charge < -0.3 is 4.74 Å². The number of carbonyl (C=O) groups is 1. The second-order valence-electron chi connectivity index (χ2n) is 4.13. The summed E-state index contributed by atoms with van der Waals surface area (Å²) in [5.74, 6) is -0.0170. The zero-order chi connectivity index (χ0) is 12.1. The molecule has 0 unspecified atom stereocenters. The molecule has 0 aliphatic carbocycles. The van der Waals surface area contributed by atoms with Crippen LogP contribution in [0.5, 0.6) is 0 Å². The summed E-state index contributed by atoms with van der Waals surface area (Å²) in [6.45, 7) is 2.78. The molecule has 0 N–H and O–H groups in total. The predicted octanol–water partition coefficient (Wildman–Crippen LogP) is 4.46. The van der Waals surface area contributed by atoms with Gasteiger partial charge in [0.2, 0.25) is 0 Å². The van der Waals surface area contributed by atoms with Crippen molar-refractivity contribution in [2.24, 2.45) is 0 Å². The minimum absolute atomic E-state index is 0.0170. The van der Waals surface area contributed by atoms with Gasteiger partial charge in [-0.2, -0.15) is 0 Å². The molecule has 0 fully saturated rings. The van der Waals surface area contributed by atoms with Crippen molar-refractivity contribution in [3.63, 3.8) is 0 Å². The number of esters is 1. The molecule has 16 heavy (non-hydrogen) atoms. The van der Waals surface area contributed by atoms with Crippen molar-refractivity contribution in [3.8, 4) is 0 Å². The molecule has 0 heterocycles. The van der Waals surface area contributed by atoms with Gasteiger partial charge in [-0.1, -0.05) is 55.0 Å². The van der Waals surface area contributed by atoms with Crippen molar-refractivity contribution in [2.45, 2.75) is 64.7 Å². The van der Waals surface area contributed by atoms with E-state index in [1.54, 1.807) is 0 Å². The summed E-state index contributed by atoms with van der Waals surface area (Å²) >= 11 is 3.40. The first-order valence-corrected chi connectivity index (χ1v) is 7.65. The van der Waals surface area contributed by atoms with Crippen molar-refractivity contribution < 1.29 is 9.53 Å². The zero-order valence-corrected chi connectivity index (χ0v) is 12.1. The highest BCUT2D eigenvalue weighted by atomic mass is 79.9. The molecule has 0 radical (unpaired) electrons. The van der Waals surface area contributed by atoms with Crippen LogP contribution in [0, 0.1) is 0 Å². The predicted molar refractivity (Wildman–Crippen MR) is 72.0 cm³/mol. The SMILES string of the molecule is CCCCCCC(=O)OCCCCCCBr. The normalized spacial score (nSPS) is 10.4. The number of ether oxygens (including phenoxy) is 1. The topological polar surface area (TPSA) is 26.3 Å². The van der Waals surface area contributed by atoms with Gasteiger partial charge in [0.1, 0.15) is 0 Å². The van der Waals surface area contributed by atoms with Gasteiger partial charge in [-0.15, -0.1) is 0 Å². The highest BCUT2D eigenvalue weighted by Crippen LogP contribution is 2.05. The molecule has 0 saturated carbocycles. The van der Waals surface area contributed by atoms with E-state index in [-0.39, 0.29) is 5.97 Å². The van der Waals surface area contributed by atoms with E-state index in [4.69, 9.17) is 4.74 Å². The van der Waals surface area contributed by atoms with E-state index in [0.29, 0.717) is 13.0 Å². The van der Waals surface area contributed by atoms with Crippen LogP contribution in [0.25, 0.3) is 0 Å². The number of unbranched alkanes of at least 4 members (excludes halogenated alkanes) is 6. The average Bonchev–Trinajstić information content (AvgIpc) is 2.29. The third-order valence-electron chi connectivity index (χ3n) is 2.53. The highest BCUT2D eigenvalue weighted by molar-refractivity contribution is 9.09. The Morgan fingerprint density at radius 2 is 1.69 bits per heavy atom. The lowest BCUT2D eigenvalue weighted by atomic mass is 10.1. The fourth-order valence-electron chi connectivity index (χ4n) is 1.50. The van der Waals surface area contributed by atoms with Gasteiger partial charge in [-0.05, 0) is 19.3 Å². The van der Waals surface area contributed by atoms with E-state index < -0.39 is 0 Å². The fourth-order valence-corrected chi connectivity index (χ4v) is 1.90. The lowest BCUT2D eigenvalue weighted by molar-refractivity contribution is -0.143. The Bertz CT molecular complexity index is 160. The Morgan fingerprint density at radius 3 is 2.38 bits per heavy atom. The lowest BCUT2D eigenvalue weighted by Crippen LogP contribution is -2.05. The van der Waals surface area contributed by atoms with Crippen LogP contribution in [0.1, 0.15) is 64.7 Å². The first-order chi connectivity index (χ1) is 7.81. The fraction of sp³-hybridized carbons (Fsp3) is 0.923. The van der Waals surface area contributed by atoms with Crippen molar-refractivity contribution in [1.82, 2.24) is 0 Å². The Kier molecular flexibility index (Phi) is 13.0. The van der Waals surface area contributed by atoms with E-state index in [1.165, 1.54) is 25.7 Å². The van der Waals surface area contributed by atoms with Gasteiger partial charge in [-0.3, -0.25) is 4.79 Å². The molecule has 0 saturated heterocycles. The van der Waals surface area contributed by atoms with Crippen LogP contribution < -0.4 is 0 Å². The molecular formula is C13H25BrO2. The lowest BCUT2D eigenvalue weighted by Gasteiger charge is -2.04. The second kappa shape index (κ2) is 13.0. The van der Waals surface area contributed by atoms with Crippen LogP contribution in [0.3, 0.4) is 0 Å². The first-order valence-electron chi connectivity index (χ1n) is 6.52. The van der Waals surface area contributed by atoms with E-state index in [9.17, 15) is 4.79 Å². The molecular weight excluding hydrogens is 268 g/mol. The molecule has 0 rings (SSSR count). The number of alkyl halides is 1. The van der Waals surface area contributed by atoms with Crippen LogP contribution in [0.15, 0.2) is 0 Å². The molecule has 0 aliphatic rings. The Hall–Kier alpha value is -0.0500. The maximum Gasteiger partial charge on any atom is 0.305 e. The molecule has 0 aliphatic heterocycles. The summed E-state index contributed by atoms with van der Waals surface area (Å²) < 4.78 is 5.15. The van der Waals surface area contributed by atoms with Crippen LogP contribution in [0.2, 0.25) is 0 Å². The van der Waals surface area contributed by atoms with E-state index in [1.807, 2.05) is 0 Å². The van der Waals surface area contributed by atoms with Crippen molar-refractivity contribution in [2.75, 3.05) is 11.9 Å². The first kappa shape index (κ1) is 16.0. The summed E-state index contributed by atoms with van der Waals surface area (Å²) in [6.07, 6.45) is 9.77. The van der Waals surface area contributed by atoms with Gasteiger partial charge in [0, 0.05) is 11.8 Å². The van der Waals surface area contributed by atoms with Gasteiger partial charge in [0.05, 0.1) is 6.61 Å². The van der Waals surface area contributed by atoms with Crippen molar-refractivity contribution >= 4 is 21.9 Å².